The van der Waals surface area contributed by atoms with Crippen molar-refractivity contribution >= 4 is 11.9 Å². The van der Waals surface area contributed by atoms with E-state index in [0.29, 0.717) is 12.2 Å². The quantitative estimate of drug-likeness (QED) is 0.293. The standard InChI is InChI=1S/C15H20N2O5/c1-12(14(18)13-6-4-3-5-7-13)17-22-9-8-16-15(19)21-11-10-20-2/h3-7,17H,1,8-11H2,2H3,(H,16,19). The molecular formula is C15H20N2O5. The molecule has 0 fully saturated rings. The molecule has 1 rings (SSSR count). The maximum Gasteiger partial charge on any atom is 0.407 e. The highest BCUT2D eigenvalue weighted by Gasteiger charge is 2.09. The van der Waals surface area contributed by atoms with Crippen LogP contribution in [0, 0.1) is 0 Å². The Balaban J connectivity index is 2.13. The van der Waals surface area contributed by atoms with Crippen molar-refractivity contribution in [3.05, 3.63) is 48.2 Å². The molecule has 7 heteroatoms. The average Bonchev–Trinajstić information content (AvgIpc) is 2.54. The second kappa shape index (κ2) is 10.4. The number of allylic oxidation sites excluding steroid dienone is 1. The van der Waals surface area contributed by atoms with Crippen LogP contribution < -0.4 is 10.8 Å². The highest BCUT2D eigenvalue weighted by atomic mass is 16.6. The Labute approximate surface area is 129 Å². The Kier molecular flexibility index (Phi) is 8.32. The van der Waals surface area contributed by atoms with Crippen molar-refractivity contribution in [1.82, 2.24) is 10.8 Å². The number of carbonyl (C=O) groups is 2. The Hall–Kier alpha value is -2.38. The van der Waals surface area contributed by atoms with Gasteiger partial charge in [0, 0.05) is 19.2 Å². The summed E-state index contributed by atoms with van der Waals surface area (Å²) in [6.45, 7) is 4.51. The van der Waals surface area contributed by atoms with Gasteiger partial charge in [-0.05, 0) is 0 Å². The van der Waals surface area contributed by atoms with Crippen LogP contribution in [-0.4, -0.2) is 45.4 Å². The van der Waals surface area contributed by atoms with Gasteiger partial charge in [0.25, 0.3) is 0 Å². The summed E-state index contributed by atoms with van der Waals surface area (Å²) in [6.07, 6.45) is -0.556. The summed E-state index contributed by atoms with van der Waals surface area (Å²) in [5.74, 6) is -0.257. The van der Waals surface area contributed by atoms with Gasteiger partial charge >= 0.3 is 6.09 Å². The smallest absolute Gasteiger partial charge is 0.407 e. The van der Waals surface area contributed by atoms with Crippen LogP contribution in [0.25, 0.3) is 0 Å². The van der Waals surface area contributed by atoms with Crippen molar-refractivity contribution in [1.29, 1.82) is 0 Å². The lowest BCUT2D eigenvalue weighted by Gasteiger charge is -2.10. The largest absolute Gasteiger partial charge is 0.447 e. The lowest BCUT2D eigenvalue weighted by molar-refractivity contribution is 0.0564. The number of rotatable bonds is 10. The number of hydroxylamine groups is 1. The van der Waals surface area contributed by atoms with Crippen molar-refractivity contribution in [2.24, 2.45) is 0 Å². The van der Waals surface area contributed by atoms with Crippen molar-refractivity contribution in [3.8, 4) is 0 Å². The Bertz CT molecular complexity index is 490. The monoisotopic (exact) mass is 308 g/mol. The molecule has 1 amide bonds. The summed E-state index contributed by atoms with van der Waals surface area (Å²) in [4.78, 5) is 28.1. The van der Waals surface area contributed by atoms with Gasteiger partial charge in [0.2, 0.25) is 5.78 Å². The van der Waals surface area contributed by atoms with Crippen LogP contribution in [0.5, 0.6) is 0 Å². The minimum Gasteiger partial charge on any atom is -0.447 e. The molecule has 0 saturated heterocycles. The van der Waals surface area contributed by atoms with Gasteiger partial charge in [-0.2, -0.15) is 0 Å². The zero-order chi connectivity index (χ0) is 16.2. The van der Waals surface area contributed by atoms with Gasteiger partial charge in [0.05, 0.1) is 13.2 Å². The second-order valence-corrected chi connectivity index (χ2v) is 4.18. The lowest BCUT2D eigenvalue weighted by atomic mass is 10.1. The molecule has 0 heterocycles. The van der Waals surface area contributed by atoms with Crippen LogP contribution >= 0.6 is 0 Å². The molecule has 1 aromatic rings. The van der Waals surface area contributed by atoms with E-state index in [9.17, 15) is 9.59 Å². The van der Waals surface area contributed by atoms with E-state index in [0.717, 1.165) is 0 Å². The molecule has 7 nitrogen and oxygen atoms in total. The molecule has 0 saturated carbocycles. The first-order chi connectivity index (χ1) is 10.6. The summed E-state index contributed by atoms with van der Waals surface area (Å²) in [6, 6.07) is 8.72. The molecule has 0 spiro atoms. The number of methoxy groups -OCH3 is 1. The van der Waals surface area contributed by atoms with Gasteiger partial charge in [-0.3, -0.25) is 15.1 Å². The molecule has 0 aliphatic carbocycles. The first-order valence-electron chi connectivity index (χ1n) is 6.71. The molecule has 0 unspecified atom stereocenters. The Morgan fingerprint density at radius 1 is 1.14 bits per heavy atom. The maximum atomic E-state index is 11.9. The number of ether oxygens (including phenoxy) is 2. The summed E-state index contributed by atoms with van der Waals surface area (Å²) >= 11 is 0. The van der Waals surface area contributed by atoms with Gasteiger partial charge < -0.3 is 14.8 Å². The minimum atomic E-state index is -0.556. The molecule has 1 aromatic carbocycles. The zero-order valence-electron chi connectivity index (χ0n) is 12.5. The predicted octanol–water partition coefficient (Wildman–Crippen LogP) is 1.28. The Morgan fingerprint density at radius 2 is 1.86 bits per heavy atom. The van der Waals surface area contributed by atoms with E-state index in [1.165, 1.54) is 7.11 Å². The fourth-order valence-electron chi connectivity index (χ4n) is 1.42. The highest BCUT2D eigenvalue weighted by molar-refractivity contribution is 6.07. The van der Waals surface area contributed by atoms with Gasteiger partial charge in [-0.25, -0.2) is 4.79 Å². The van der Waals surface area contributed by atoms with Crippen molar-refractivity contribution in [2.75, 3.05) is 33.5 Å². The minimum absolute atomic E-state index is 0.119. The molecule has 0 bridgehead atoms. The number of hydrogen-bond donors (Lipinski definition) is 2. The molecule has 0 aliphatic rings. The molecule has 0 aliphatic heterocycles. The van der Waals surface area contributed by atoms with Gasteiger partial charge in [0.15, 0.2) is 0 Å². The van der Waals surface area contributed by atoms with Crippen molar-refractivity contribution in [3.63, 3.8) is 0 Å². The van der Waals surface area contributed by atoms with E-state index in [1.54, 1.807) is 24.3 Å². The van der Waals surface area contributed by atoms with Crippen LogP contribution in [0.2, 0.25) is 0 Å². The summed E-state index contributed by atoms with van der Waals surface area (Å²) < 4.78 is 9.52. The van der Waals surface area contributed by atoms with E-state index in [4.69, 9.17) is 14.3 Å². The topological polar surface area (TPSA) is 85.9 Å². The second-order valence-electron chi connectivity index (χ2n) is 4.18. The normalized spacial score (nSPS) is 9.86. The summed E-state index contributed by atoms with van der Waals surface area (Å²) in [7, 11) is 1.52. The van der Waals surface area contributed by atoms with Gasteiger partial charge in [-0.15, -0.1) is 0 Å². The Morgan fingerprint density at radius 3 is 2.55 bits per heavy atom. The van der Waals surface area contributed by atoms with Crippen LogP contribution in [0.1, 0.15) is 10.4 Å². The van der Waals surface area contributed by atoms with Gasteiger partial charge in [-0.1, -0.05) is 36.9 Å². The average molecular weight is 308 g/mol. The predicted molar refractivity (Wildman–Crippen MR) is 80.2 cm³/mol. The molecule has 22 heavy (non-hydrogen) atoms. The fraction of sp³-hybridized carbons (Fsp3) is 0.333. The van der Waals surface area contributed by atoms with Crippen molar-refractivity contribution < 1.29 is 23.9 Å². The molecule has 120 valence electrons. The number of ketones is 1. The summed E-state index contributed by atoms with van der Waals surface area (Å²) in [5, 5.41) is 2.48. The summed E-state index contributed by atoms with van der Waals surface area (Å²) in [5.41, 5.74) is 3.09. The van der Waals surface area contributed by atoms with E-state index >= 15 is 0 Å². The molecule has 0 aromatic heterocycles. The van der Waals surface area contributed by atoms with E-state index in [-0.39, 0.29) is 31.2 Å². The third kappa shape index (κ3) is 6.87. The van der Waals surface area contributed by atoms with Crippen LogP contribution in [0.15, 0.2) is 42.6 Å². The third-order valence-corrected chi connectivity index (χ3v) is 2.50. The first-order valence-corrected chi connectivity index (χ1v) is 6.71. The molecule has 0 radical (unpaired) electrons. The molecular weight excluding hydrogens is 288 g/mol. The van der Waals surface area contributed by atoms with Crippen LogP contribution in [-0.2, 0) is 14.3 Å². The van der Waals surface area contributed by atoms with E-state index in [2.05, 4.69) is 17.4 Å². The van der Waals surface area contributed by atoms with Crippen LogP contribution in [0.4, 0.5) is 4.79 Å². The van der Waals surface area contributed by atoms with Crippen molar-refractivity contribution in [2.45, 2.75) is 0 Å². The molecule has 2 N–H and O–H groups in total. The van der Waals surface area contributed by atoms with Gasteiger partial charge in [0.1, 0.15) is 12.3 Å². The number of benzene rings is 1. The third-order valence-electron chi connectivity index (χ3n) is 2.50. The number of alkyl carbamates (subject to hydrolysis) is 1. The first kappa shape index (κ1) is 17.7. The maximum absolute atomic E-state index is 11.9. The zero-order valence-corrected chi connectivity index (χ0v) is 12.5. The van der Waals surface area contributed by atoms with Crippen LogP contribution in [0.3, 0.4) is 0 Å². The number of amides is 1. The SMILES string of the molecule is C=C(NOCCNC(=O)OCCOC)C(=O)c1ccccc1. The fourth-order valence-corrected chi connectivity index (χ4v) is 1.42. The molecule has 0 atom stereocenters. The highest BCUT2D eigenvalue weighted by Crippen LogP contribution is 2.04. The number of Topliss-reactive ketones (excluding diaryl/α,β-unsaturated/α-hetero) is 1. The number of hydrogen-bond acceptors (Lipinski definition) is 6. The lowest BCUT2D eigenvalue weighted by Crippen LogP contribution is -2.31. The van der Waals surface area contributed by atoms with E-state index in [1.807, 2.05) is 6.07 Å². The number of nitrogens with one attached hydrogen (secondary N) is 2. The van der Waals surface area contributed by atoms with E-state index < -0.39 is 6.09 Å². The number of carbonyl (C=O) groups excluding carboxylic acids is 2.